The van der Waals surface area contributed by atoms with Gasteiger partial charge in [-0.05, 0) is 153 Å². The van der Waals surface area contributed by atoms with Crippen molar-refractivity contribution in [3.05, 3.63) is 203 Å². The minimum absolute atomic E-state index is 0.282. The van der Waals surface area contributed by atoms with Crippen molar-refractivity contribution < 1.29 is 0 Å². The molecule has 1 aliphatic carbocycles. The molecule has 0 radical (unpaired) electrons. The molecule has 0 heterocycles. The molecule has 0 fully saturated rings. The first-order valence-corrected chi connectivity index (χ1v) is 19.6. The van der Waals surface area contributed by atoms with Crippen LogP contribution in [0.2, 0.25) is 0 Å². The molecule has 8 aromatic carbocycles. The summed E-state index contributed by atoms with van der Waals surface area (Å²) in [5.41, 5.74) is 16.5. The van der Waals surface area contributed by atoms with Crippen molar-refractivity contribution in [2.45, 2.75) is 47.5 Å². The van der Waals surface area contributed by atoms with E-state index in [0.29, 0.717) is 5.92 Å². The molecular weight excluding hydrogens is 663 g/mol. The summed E-state index contributed by atoms with van der Waals surface area (Å²) in [4.78, 5) is 2.56. The molecule has 2 unspecified atom stereocenters. The van der Waals surface area contributed by atoms with Gasteiger partial charge in [0.15, 0.2) is 0 Å². The smallest absolute Gasteiger partial charge is 0.0493 e. The second kappa shape index (κ2) is 13.9. The predicted octanol–water partition coefficient (Wildman–Crippen LogP) is 15.1. The van der Waals surface area contributed by atoms with E-state index in [1.54, 1.807) is 0 Å². The van der Waals surface area contributed by atoms with Crippen LogP contribution in [0.5, 0.6) is 0 Å². The maximum absolute atomic E-state index is 2.56. The average Bonchev–Trinajstić information content (AvgIpc) is 3.21. The maximum Gasteiger partial charge on any atom is 0.0493 e. The minimum atomic E-state index is 0.282. The zero-order valence-electron chi connectivity index (χ0n) is 32.7. The van der Waals surface area contributed by atoms with Crippen LogP contribution in [-0.4, -0.2) is 0 Å². The zero-order chi connectivity index (χ0) is 37.8. The number of anilines is 2. The molecule has 0 saturated heterocycles. The highest BCUT2D eigenvalue weighted by Gasteiger charge is 2.29. The van der Waals surface area contributed by atoms with Gasteiger partial charge in [0, 0.05) is 23.0 Å². The Morgan fingerprint density at radius 1 is 0.400 bits per heavy atom. The largest absolute Gasteiger partial charge is 0.310 e. The van der Waals surface area contributed by atoms with Crippen LogP contribution in [0.15, 0.2) is 175 Å². The fourth-order valence-corrected chi connectivity index (χ4v) is 9.13. The standard InChI is InChI=1S/C54H47N/c1-34-31-52(37(4)28-49(34)46-25-13-19-40-16-7-10-22-43(40)46)55(53-32-35(2)50(29-38(53)5)47-26-14-20-41-17-8-11-23-44(41)47)54-33-36(3)51(30-39(54)6)48-27-15-21-42-18-9-12-24-45(42)48/h7-34,49H,1-6H3. The van der Waals surface area contributed by atoms with Gasteiger partial charge >= 0.3 is 0 Å². The van der Waals surface area contributed by atoms with Gasteiger partial charge in [-0.3, -0.25) is 0 Å². The first-order valence-electron chi connectivity index (χ1n) is 19.6. The molecule has 0 N–H and O–H groups in total. The molecule has 55 heavy (non-hydrogen) atoms. The van der Waals surface area contributed by atoms with E-state index in [9.17, 15) is 0 Å². The van der Waals surface area contributed by atoms with E-state index >= 15 is 0 Å². The van der Waals surface area contributed by atoms with Crippen LogP contribution >= 0.6 is 0 Å². The lowest BCUT2D eigenvalue weighted by Gasteiger charge is -2.36. The van der Waals surface area contributed by atoms with Gasteiger partial charge in [0.05, 0.1) is 0 Å². The zero-order valence-corrected chi connectivity index (χ0v) is 32.7. The summed E-state index contributed by atoms with van der Waals surface area (Å²) in [7, 11) is 0. The maximum atomic E-state index is 2.56. The first kappa shape index (κ1) is 34.6. The summed E-state index contributed by atoms with van der Waals surface area (Å²) in [6.07, 6.45) is 5.05. The summed E-state index contributed by atoms with van der Waals surface area (Å²) in [6.45, 7) is 13.8. The molecule has 0 saturated carbocycles. The Bertz CT molecular complexity index is 2700. The van der Waals surface area contributed by atoms with Crippen molar-refractivity contribution in [2.75, 3.05) is 4.90 Å². The third-order valence-corrected chi connectivity index (χ3v) is 12.0. The molecule has 0 spiro atoms. The van der Waals surface area contributed by atoms with Crippen molar-refractivity contribution >= 4 is 43.7 Å². The second-order valence-corrected chi connectivity index (χ2v) is 15.7. The lowest BCUT2D eigenvalue weighted by atomic mass is 9.79. The van der Waals surface area contributed by atoms with Crippen LogP contribution in [0, 0.1) is 33.6 Å². The number of nitrogens with zero attached hydrogens (tertiary/aromatic N) is 1. The van der Waals surface area contributed by atoms with Crippen molar-refractivity contribution in [1.82, 2.24) is 0 Å². The summed E-state index contributed by atoms with van der Waals surface area (Å²) in [6, 6.07) is 56.0. The van der Waals surface area contributed by atoms with Gasteiger partial charge < -0.3 is 4.90 Å². The number of allylic oxidation sites excluding steroid dienone is 3. The normalized spacial score (nSPS) is 15.7. The Labute approximate surface area is 325 Å². The molecule has 9 rings (SSSR count). The van der Waals surface area contributed by atoms with E-state index in [-0.39, 0.29) is 5.92 Å². The summed E-state index contributed by atoms with van der Waals surface area (Å²) >= 11 is 0. The molecule has 2 atom stereocenters. The second-order valence-electron chi connectivity index (χ2n) is 15.7. The molecule has 0 bridgehead atoms. The van der Waals surface area contributed by atoms with E-state index < -0.39 is 0 Å². The molecule has 1 heteroatoms. The van der Waals surface area contributed by atoms with Gasteiger partial charge in [-0.15, -0.1) is 0 Å². The highest BCUT2D eigenvalue weighted by atomic mass is 15.2. The van der Waals surface area contributed by atoms with Crippen molar-refractivity contribution in [2.24, 2.45) is 5.92 Å². The Hall–Kier alpha value is -6.18. The Morgan fingerprint density at radius 2 is 0.836 bits per heavy atom. The fourth-order valence-electron chi connectivity index (χ4n) is 9.13. The lowest BCUT2D eigenvalue weighted by molar-refractivity contribution is 0.626. The SMILES string of the molecule is CC1=CC(c2cccc3ccccc23)C(C)C=C1N(c1cc(C)c(-c2cccc3ccccc23)cc1C)c1cc(C)c(-c2cccc3ccccc23)cc1C. The van der Waals surface area contributed by atoms with Gasteiger partial charge in [0.25, 0.3) is 0 Å². The Morgan fingerprint density at radius 3 is 1.36 bits per heavy atom. The van der Waals surface area contributed by atoms with Gasteiger partial charge in [-0.1, -0.05) is 146 Å². The van der Waals surface area contributed by atoms with Crippen molar-refractivity contribution in [1.29, 1.82) is 0 Å². The van der Waals surface area contributed by atoms with E-state index in [4.69, 9.17) is 0 Å². The van der Waals surface area contributed by atoms with Crippen LogP contribution in [-0.2, 0) is 0 Å². The summed E-state index contributed by atoms with van der Waals surface area (Å²) < 4.78 is 0. The molecule has 8 aromatic rings. The van der Waals surface area contributed by atoms with Crippen LogP contribution in [0.1, 0.15) is 47.6 Å². The van der Waals surface area contributed by atoms with Gasteiger partial charge in [0.2, 0.25) is 0 Å². The summed E-state index contributed by atoms with van der Waals surface area (Å²) in [5.74, 6) is 0.574. The highest BCUT2D eigenvalue weighted by Crippen LogP contribution is 2.46. The number of fused-ring (bicyclic) bond motifs is 3. The van der Waals surface area contributed by atoms with Crippen LogP contribution in [0.4, 0.5) is 11.4 Å². The molecule has 0 aliphatic heterocycles. The fraction of sp³-hybridized carbons (Fsp3) is 0.148. The molecular formula is C54H47N. The third-order valence-electron chi connectivity index (χ3n) is 12.0. The Kier molecular flexibility index (Phi) is 8.74. The predicted molar refractivity (Wildman–Crippen MR) is 238 cm³/mol. The first-order chi connectivity index (χ1) is 26.8. The number of aryl methyl sites for hydroxylation is 4. The monoisotopic (exact) mass is 709 g/mol. The number of rotatable bonds is 6. The average molecular weight is 710 g/mol. The van der Waals surface area contributed by atoms with Gasteiger partial charge in [-0.2, -0.15) is 0 Å². The molecule has 1 nitrogen and oxygen atoms in total. The minimum Gasteiger partial charge on any atom is -0.310 e. The van der Waals surface area contributed by atoms with Crippen LogP contribution in [0.25, 0.3) is 54.6 Å². The van der Waals surface area contributed by atoms with Crippen LogP contribution < -0.4 is 4.90 Å². The molecule has 0 aromatic heterocycles. The van der Waals surface area contributed by atoms with E-state index in [1.165, 1.54) is 105 Å². The lowest BCUT2D eigenvalue weighted by Crippen LogP contribution is -2.24. The topological polar surface area (TPSA) is 3.24 Å². The van der Waals surface area contributed by atoms with Gasteiger partial charge in [0.1, 0.15) is 0 Å². The van der Waals surface area contributed by atoms with Gasteiger partial charge in [-0.25, -0.2) is 0 Å². The third kappa shape index (κ3) is 6.05. The molecule has 1 aliphatic rings. The quantitative estimate of drug-likeness (QED) is 0.166. The molecule has 0 amide bonds. The number of benzene rings is 8. The molecule has 268 valence electrons. The highest BCUT2D eigenvalue weighted by molar-refractivity contribution is 5.99. The Balaban J connectivity index is 1.22. The summed E-state index contributed by atoms with van der Waals surface area (Å²) in [5, 5.41) is 7.74. The van der Waals surface area contributed by atoms with Crippen molar-refractivity contribution in [3.63, 3.8) is 0 Å². The number of hydrogen-bond acceptors (Lipinski definition) is 1. The van der Waals surface area contributed by atoms with E-state index in [1.807, 2.05) is 0 Å². The van der Waals surface area contributed by atoms with E-state index in [0.717, 1.165) is 0 Å². The van der Waals surface area contributed by atoms with Crippen molar-refractivity contribution in [3.8, 4) is 22.3 Å². The van der Waals surface area contributed by atoms with Crippen LogP contribution in [0.3, 0.4) is 0 Å². The number of hydrogen-bond donors (Lipinski definition) is 0. The van der Waals surface area contributed by atoms with E-state index in [2.05, 4.69) is 210 Å².